The first-order chi connectivity index (χ1) is 10.5. The van der Waals surface area contributed by atoms with Crippen molar-refractivity contribution in [3.05, 3.63) is 64.1 Å². The van der Waals surface area contributed by atoms with Gasteiger partial charge in [0.15, 0.2) is 5.78 Å². The molecule has 1 heterocycles. The third-order valence-corrected chi connectivity index (χ3v) is 3.33. The van der Waals surface area contributed by atoms with Gasteiger partial charge in [-0.2, -0.15) is 0 Å². The second kappa shape index (κ2) is 5.33. The molecule has 0 aliphatic heterocycles. The lowest BCUT2D eigenvalue weighted by molar-refractivity contribution is 0.101. The van der Waals surface area contributed by atoms with Crippen LogP contribution in [0.3, 0.4) is 0 Å². The number of hydrogen-bond donors (Lipinski definition) is 3. The number of ketones is 1. The lowest BCUT2D eigenvalue weighted by Crippen LogP contribution is -2.11. The van der Waals surface area contributed by atoms with Crippen LogP contribution in [0.5, 0.6) is 0 Å². The van der Waals surface area contributed by atoms with Gasteiger partial charge in [-0.3, -0.25) is 9.59 Å². The molecule has 6 heteroatoms. The van der Waals surface area contributed by atoms with Gasteiger partial charge in [-0.1, -0.05) is 0 Å². The predicted molar refractivity (Wildman–Crippen MR) is 83.3 cm³/mol. The maximum absolute atomic E-state index is 12.2. The highest BCUT2D eigenvalue weighted by molar-refractivity contribution is 6.06. The maximum atomic E-state index is 12.2. The van der Waals surface area contributed by atoms with Gasteiger partial charge in [0.2, 0.25) is 0 Å². The van der Waals surface area contributed by atoms with Crippen molar-refractivity contribution in [1.29, 1.82) is 0 Å². The minimum Gasteiger partial charge on any atom is -0.322 e. The van der Waals surface area contributed by atoms with Gasteiger partial charge in [0, 0.05) is 16.8 Å². The molecule has 22 heavy (non-hydrogen) atoms. The highest BCUT2D eigenvalue weighted by Gasteiger charge is 2.08. The number of benzene rings is 2. The van der Waals surface area contributed by atoms with Gasteiger partial charge in [0.05, 0.1) is 11.0 Å². The zero-order chi connectivity index (χ0) is 15.7. The first-order valence-electron chi connectivity index (χ1n) is 6.67. The Balaban J connectivity index is 1.83. The molecule has 0 radical (unpaired) electrons. The summed E-state index contributed by atoms with van der Waals surface area (Å²) in [5.74, 6) is -0.320. The van der Waals surface area contributed by atoms with Crippen molar-refractivity contribution in [2.24, 2.45) is 0 Å². The summed E-state index contributed by atoms with van der Waals surface area (Å²) in [7, 11) is 0. The number of fused-ring (bicyclic) bond motifs is 1. The van der Waals surface area contributed by atoms with E-state index in [-0.39, 0.29) is 17.4 Å². The number of H-pyrrole nitrogens is 2. The molecule has 1 aromatic heterocycles. The lowest BCUT2D eigenvalue weighted by Gasteiger charge is -2.06. The van der Waals surface area contributed by atoms with Gasteiger partial charge in [-0.15, -0.1) is 0 Å². The third-order valence-electron chi connectivity index (χ3n) is 3.33. The fraction of sp³-hybridized carbons (Fsp3) is 0.0625. The molecular weight excluding hydrogens is 282 g/mol. The van der Waals surface area contributed by atoms with Crippen molar-refractivity contribution in [3.63, 3.8) is 0 Å². The fourth-order valence-electron chi connectivity index (χ4n) is 2.17. The Kier molecular flexibility index (Phi) is 3.34. The summed E-state index contributed by atoms with van der Waals surface area (Å²) < 4.78 is 0. The van der Waals surface area contributed by atoms with Crippen LogP contribution < -0.4 is 11.0 Å². The van der Waals surface area contributed by atoms with Gasteiger partial charge in [-0.05, 0) is 49.4 Å². The maximum Gasteiger partial charge on any atom is 0.323 e. The molecule has 6 nitrogen and oxygen atoms in total. The Bertz CT molecular complexity index is 920. The summed E-state index contributed by atoms with van der Waals surface area (Å²) in [4.78, 5) is 39.8. The second-order valence-electron chi connectivity index (χ2n) is 4.93. The predicted octanol–water partition coefficient (Wildman–Crippen LogP) is 2.31. The smallest absolute Gasteiger partial charge is 0.322 e. The highest BCUT2D eigenvalue weighted by Crippen LogP contribution is 2.14. The average molecular weight is 295 g/mol. The van der Waals surface area contributed by atoms with Crippen LogP contribution in [0.1, 0.15) is 27.6 Å². The van der Waals surface area contributed by atoms with Crippen molar-refractivity contribution in [3.8, 4) is 0 Å². The number of Topliss-reactive ketones (excluding diaryl/α,β-unsaturated/α-hetero) is 1. The van der Waals surface area contributed by atoms with Crippen LogP contribution in [0, 0.1) is 0 Å². The molecule has 3 rings (SSSR count). The quantitative estimate of drug-likeness (QED) is 0.647. The van der Waals surface area contributed by atoms with Crippen molar-refractivity contribution < 1.29 is 9.59 Å². The first-order valence-corrected chi connectivity index (χ1v) is 6.67. The number of anilines is 1. The van der Waals surface area contributed by atoms with Crippen LogP contribution in [0.2, 0.25) is 0 Å². The van der Waals surface area contributed by atoms with Gasteiger partial charge in [0.25, 0.3) is 5.91 Å². The topological polar surface area (TPSA) is 94.8 Å². The zero-order valence-corrected chi connectivity index (χ0v) is 11.8. The van der Waals surface area contributed by atoms with E-state index < -0.39 is 0 Å². The number of carbonyl (C=O) groups is 2. The second-order valence-corrected chi connectivity index (χ2v) is 4.93. The highest BCUT2D eigenvalue weighted by atomic mass is 16.2. The number of imidazole rings is 1. The standard InChI is InChI=1S/C16H13N3O3/c1-9(20)10-2-5-12(6-3-10)17-15(21)11-4-7-13-14(8-11)19-16(22)18-13/h2-8H,1H3,(H,17,21)(H2,18,19,22). The molecule has 110 valence electrons. The van der Waals surface area contributed by atoms with E-state index in [1.165, 1.54) is 6.92 Å². The summed E-state index contributed by atoms with van der Waals surface area (Å²) in [5, 5.41) is 2.74. The summed E-state index contributed by atoms with van der Waals surface area (Å²) in [5.41, 5.74) is 2.52. The SMILES string of the molecule is CC(=O)c1ccc(NC(=O)c2ccc3[nH]c(=O)[nH]c3c2)cc1. The monoisotopic (exact) mass is 295 g/mol. The Morgan fingerprint density at radius 2 is 1.55 bits per heavy atom. The zero-order valence-electron chi connectivity index (χ0n) is 11.8. The average Bonchev–Trinajstić information content (AvgIpc) is 2.86. The molecule has 0 fully saturated rings. The number of aromatic nitrogens is 2. The molecule has 0 aliphatic rings. The molecule has 0 saturated carbocycles. The number of aromatic amines is 2. The first kappa shape index (κ1) is 13.8. The summed E-state index contributed by atoms with van der Waals surface area (Å²) in [6.45, 7) is 1.49. The Hall–Kier alpha value is -3.15. The number of rotatable bonds is 3. The van der Waals surface area contributed by atoms with E-state index in [1.807, 2.05) is 0 Å². The van der Waals surface area contributed by atoms with Crippen molar-refractivity contribution in [1.82, 2.24) is 9.97 Å². The molecule has 1 amide bonds. The Morgan fingerprint density at radius 3 is 2.23 bits per heavy atom. The summed E-state index contributed by atoms with van der Waals surface area (Å²) in [6, 6.07) is 11.6. The molecule has 0 unspecified atom stereocenters. The number of amides is 1. The van der Waals surface area contributed by atoms with Crippen LogP contribution in [0.25, 0.3) is 11.0 Å². The van der Waals surface area contributed by atoms with E-state index >= 15 is 0 Å². The summed E-state index contributed by atoms with van der Waals surface area (Å²) >= 11 is 0. The van der Waals surface area contributed by atoms with Crippen LogP contribution in [-0.4, -0.2) is 21.7 Å². The normalized spacial score (nSPS) is 10.6. The Labute approximate surface area is 125 Å². The van der Waals surface area contributed by atoms with Gasteiger partial charge in [-0.25, -0.2) is 4.79 Å². The van der Waals surface area contributed by atoms with Crippen LogP contribution in [0.4, 0.5) is 5.69 Å². The number of carbonyl (C=O) groups excluding carboxylic acids is 2. The molecule has 0 aliphatic carbocycles. The molecule has 2 aromatic carbocycles. The van der Waals surface area contributed by atoms with Gasteiger partial charge >= 0.3 is 5.69 Å². The van der Waals surface area contributed by atoms with Gasteiger partial charge < -0.3 is 15.3 Å². The van der Waals surface area contributed by atoms with Gasteiger partial charge in [0.1, 0.15) is 0 Å². The van der Waals surface area contributed by atoms with Crippen LogP contribution in [0.15, 0.2) is 47.3 Å². The minimum atomic E-state index is -0.313. The van der Waals surface area contributed by atoms with E-state index in [4.69, 9.17) is 0 Å². The lowest BCUT2D eigenvalue weighted by atomic mass is 10.1. The van der Waals surface area contributed by atoms with Crippen LogP contribution >= 0.6 is 0 Å². The number of nitrogens with one attached hydrogen (secondary N) is 3. The van der Waals surface area contributed by atoms with Crippen LogP contribution in [-0.2, 0) is 0 Å². The van der Waals surface area contributed by atoms with Crippen molar-refractivity contribution in [2.75, 3.05) is 5.32 Å². The van der Waals surface area contributed by atoms with Crippen molar-refractivity contribution in [2.45, 2.75) is 6.92 Å². The number of hydrogen-bond acceptors (Lipinski definition) is 3. The largest absolute Gasteiger partial charge is 0.323 e. The Morgan fingerprint density at radius 1 is 0.909 bits per heavy atom. The molecule has 3 N–H and O–H groups in total. The molecule has 0 atom stereocenters. The molecule has 0 spiro atoms. The van der Waals surface area contributed by atoms with E-state index in [1.54, 1.807) is 42.5 Å². The van der Waals surface area contributed by atoms with Crippen molar-refractivity contribution >= 4 is 28.4 Å². The molecule has 0 saturated heterocycles. The molecule has 0 bridgehead atoms. The van der Waals surface area contributed by atoms with E-state index in [2.05, 4.69) is 15.3 Å². The van der Waals surface area contributed by atoms with E-state index in [0.29, 0.717) is 27.8 Å². The van der Waals surface area contributed by atoms with E-state index in [9.17, 15) is 14.4 Å². The third kappa shape index (κ3) is 2.67. The minimum absolute atomic E-state index is 0.0280. The molecule has 3 aromatic rings. The molecular formula is C16H13N3O3. The van der Waals surface area contributed by atoms with E-state index in [0.717, 1.165) is 0 Å². The fourth-order valence-corrected chi connectivity index (χ4v) is 2.17. The summed E-state index contributed by atoms with van der Waals surface area (Å²) in [6.07, 6.45) is 0.